The van der Waals surface area contributed by atoms with Crippen LogP contribution in [0.15, 0.2) is 79.0 Å². The normalized spacial score (nSPS) is 11.2. The van der Waals surface area contributed by atoms with Crippen LogP contribution in [0.25, 0.3) is 0 Å². The smallest absolute Gasteiger partial charge is 0.247 e. The molecule has 0 unspecified atom stereocenters. The van der Waals surface area contributed by atoms with Crippen molar-refractivity contribution in [2.45, 2.75) is 32.7 Å². The molecule has 1 heterocycles. The van der Waals surface area contributed by atoms with Crippen molar-refractivity contribution in [1.29, 1.82) is 0 Å². The van der Waals surface area contributed by atoms with Gasteiger partial charge in [0.2, 0.25) is 0 Å². The number of nitrogens with one attached hydrogen (secondary N) is 1. The summed E-state index contributed by atoms with van der Waals surface area (Å²) in [6.45, 7) is 7.03. The zero-order valence-electron chi connectivity index (χ0n) is 15.6. The maximum absolute atomic E-state index is 13.2. The number of rotatable bonds is 4. The largest absolute Gasteiger partial charge is 0.341 e. The molecule has 0 aliphatic rings. The number of amides is 1. The van der Waals surface area contributed by atoms with Gasteiger partial charge >= 0.3 is 5.91 Å². The Morgan fingerprint density at radius 1 is 0.885 bits per heavy atom. The predicted molar refractivity (Wildman–Crippen MR) is 105 cm³/mol. The Bertz CT molecular complexity index is 850. The van der Waals surface area contributed by atoms with Crippen LogP contribution in [-0.2, 0) is 12.0 Å². The summed E-state index contributed by atoms with van der Waals surface area (Å²) in [5, 5.41) is 0. The first-order chi connectivity index (χ1) is 12.4. The highest BCUT2D eigenvalue weighted by atomic mass is 16.2. The summed E-state index contributed by atoms with van der Waals surface area (Å²) >= 11 is 0. The van der Waals surface area contributed by atoms with Crippen LogP contribution < -0.4 is 9.88 Å². The lowest BCUT2D eigenvalue weighted by Gasteiger charge is -2.19. The van der Waals surface area contributed by atoms with E-state index in [1.54, 1.807) is 4.90 Å². The fraction of sp³-hybridized carbons (Fsp3) is 0.217. The zero-order valence-corrected chi connectivity index (χ0v) is 15.6. The molecule has 1 aromatic heterocycles. The Hall–Kier alpha value is -2.94. The van der Waals surface area contributed by atoms with Gasteiger partial charge < -0.3 is 0 Å². The van der Waals surface area contributed by atoms with Crippen molar-refractivity contribution in [1.82, 2.24) is 0 Å². The van der Waals surface area contributed by atoms with Crippen LogP contribution in [0.3, 0.4) is 0 Å². The number of H-pyrrole nitrogens is 1. The summed E-state index contributed by atoms with van der Waals surface area (Å²) in [4.78, 5) is 18.2. The van der Waals surface area contributed by atoms with E-state index in [2.05, 4.69) is 25.8 Å². The predicted octanol–water partition coefficient (Wildman–Crippen LogP) is 4.65. The number of nitrogens with zero attached hydrogens (tertiary/aromatic N) is 1. The van der Waals surface area contributed by atoms with E-state index >= 15 is 0 Å². The molecule has 0 saturated heterocycles. The van der Waals surface area contributed by atoms with Gasteiger partial charge in [-0.25, -0.2) is 9.78 Å². The van der Waals surface area contributed by atoms with Crippen molar-refractivity contribution in [3.05, 3.63) is 95.7 Å². The first-order valence-electron chi connectivity index (χ1n) is 8.88. The molecule has 3 rings (SSSR count). The minimum Gasteiger partial charge on any atom is -0.247 e. The number of hydrogen-bond donors (Lipinski definition) is 0. The van der Waals surface area contributed by atoms with E-state index in [9.17, 15) is 4.79 Å². The lowest BCUT2D eigenvalue weighted by Crippen LogP contribution is -2.34. The summed E-state index contributed by atoms with van der Waals surface area (Å²) in [5.74, 6) is 0.762. The van der Waals surface area contributed by atoms with Gasteiger partial charge in [-0.05, 0) is 34.7 Å². The van der Waals surface area contributed by atoms with Gasteiger partial charge in [0, 0.05) is 6.07 Å². The van der Waals surface area contributed by atoms with Crippen LogP contribution in [0, 0.1) is 0 Å². The van der Waals surface area contributed by atoms with Gasteiger partial charge in [0.1, 0.15) is 6.54 Å². The first kappa shape index (κ1) is 17.9. The van der Waals surface area contributed by atoms with Crippen LogP contribution in [0.4, 0.5) is 5.82 Å². The third kappa shape index (κ3) is 4.17. The quantitative estimate of drug-likeness (QED) is 0.678. The molecular formula is C23H25N2O+. The lowest BCUT2D eigenvalue weighted by molar-refractivity contribution is -0.363. The average molecular weight is 345 g/mol. The molecule has 0 atom stereocenters. The number of pyridine rings is 1. The molecule has 3 aromatic rings. The standard InChI is InChI=1S/C23H24N2O/c1-23(2,3)20-14-12-19(13-15-20)22(26)25(21-11-7-8-16-24-21)17-18-9-5-4-6-10-18/h4-16H,17H2,1-3H3/p+1. The number of anilines is 1. The van der Waals surface area contributed by atoms with Crippen LogP contribution in [0.2, 0.25) is 0 Å². The Labute approximate surface area is 155 Å². The zero-order chi connectivity index (χ0) is 18.6. The summed E-state index contributed by atoms with van der Waals surface area (Å²) in [5.41, 5.74) is 3.06. The molecule has 3 heteroatoms. The topological polar surface area (TPSA) is 34.5 Å². The van der Waals surface area contributed by atoms with Gasteiger partial charge in [0.15, 0.2) is 0 Å². The highest BCUT2D eigenvalue weighted by Gasteiger charge is 2.26. The lowest BCUT2D eigenvalue weighted by atomic mass is 9.86. The molecule has 132 valence electrons. The number of aromatic amines is 1. The molecule has 0 radical (unpaired) electrons. The summed E-state index contributed by atoms with van der Waals surface area (Å²) in [7, 11) is 0. The van der Waals surface area contributed by atoms with Gasteiger partial charge in [-0.15, -0.1) is 0 Å². The van der Waals surface area contributed by atoms with E-state index in [1.807, 2.05) is 79.0 Å². The van der Waals surface area contributed by atoms with E-state index < -0.39 is 0 Å². The van der Waals surface area contributed by atoms with Crippen molar-refractivity contribution >= 4 is 11.7 Å². The van der Waals surface area contributed by atoms with Crippen molar-refractivity contribution < 1.29 is 9.78 Å². The molecule has 0 bridgehead atoms. The Kier molecular flexibility index (Phi) is 5.17. The Morgan fingerprint density at radius 2 is 1.54 bits per heavy atom. The van der Waals surface area contributed by atoms with Crippen LogP contribution in [-0.4, -0.2) is 5.91 Å². The number of benzene rings is 2. The minimum atomic E-state index is -0.0169. The third-order valence-electron chi connectivity index (χ3n) is 4.41. The average Bonchev–Trinajstić information content (AvgIpc) is 2.66. The van der Waals surface area contributed by atoms with Crippen LogP contribution in [0.5, 0.6) is 0 Å². The second kappa shape index (κ2) is 7.52. The fourth-order valence-electron chi connectivity index (χ4n) is 2.85. The highest BCUT2D eigenvalue weighted by Crippen LogP contribution is 2.23. The van der Waals surface area contributed by atoms with Gasteiger partial charge in [-0.3, -0.25) is 0 Å². The summed E-state index contributed by atoms with van der Waals surface area (Å²) in [6, 6.07) is 23.7. The monoisotopic (exact) mass is 345 g/mol. The molecular weight excluding hydrogens is 320 g/mol. The molecule has 26 heavy (non-hydrogen) atoms. The van der Waals surface area contributed by atoms with E-state index in [0.717, 1.165) is 11.4 Å². The molecule has 1 amide bonds. The van der Waals surface area contributed by atoms with Crippen molar-refractivity contribution in [2.75, 3.05) is 4.90 Å². The first-order valence-corrected chi connectivity index (χ1v) is 8.88. The number of hydrogen-bond acceptors (Lipinski definition) is 1. The highest BCUT2D eigenvalue weighted by molar-refractivity contribution is 6.05. The Morgan fingerprint density at radius 3 is 2.12 bits per heavy atom. The molecule has 0 saturated carbocycles. The van der Waals surface area contributed by atoms with E-state index in [4.69, 9.17) is 0 Å². The molecule has 0 aliphatic carbocycles. The summed E-state index contributed by atoms with van der Waals surface area (Å²) < 4.78 is 0. The maximum atomic E-state index is 13.2. The summed E-state index contributed by atoms with van der Waals surface area (Å²) in [6.07, 6.45) is 1.84. The molecule has 0 aliphatic heterocycles. The third-order valence-corrected chi connectivity index (χ3v) is 4.41. The molecule has 0 spiro atoms. The van der Waals surface area contributed by atoms with E-state index in [0.29, 0.717) is 12.1 Å². The second-order valence-corrected chi connectivity index (χ2v) is 7.45. The number of carbonyl (C=O) groups excluding carboxylic acids is 1. The van der Waals surface area contributed by atoms with Crippen LogP contribution in [0.1, 0.15) is 42.3 Å². The van der Waals surface area contributed by atoms with E-state index in [-0.39, 0.29) is 11.3 Å². The SMILES string of the molecule is CC(C)(C)c1ccc(C(=O)N(Cc2ccccc2)c2cccc[nH+]2)cc1. The van der Waals surface area contributed by atoms with Crippen molar-refractivity contribution in [3.8, 4) is 0 Å². The maximum Gasteiger partial charge on any atom is 0.341 e. The molecule has 3 nitrogen and oxygen atoms in total. The number of carbonyl (C=O) groups is 1. The Balaban J connectivity index is 1.92. The van der Waals surface area contributed by atoms with Crippen molar-refractivity contribution in [2.24, 2.45) is 0 Å². The van der Waals surface area contributed by atoms with Crippen LogP contribution >= 0.6 is 0 Å². The minimum absolute atomic E-state index is 0.0169. The number of aromatic nitrogens is 1. The van der Waals surface area contributed by atoms with Gasteiger partial charge in [-0.1, -0.05) is 69.3 Å². The molecule has 0 fully saturated rings. The van der Waals surface area contributed by atoms with Gasteiger partial charge in [0.05, 0.1) is 11.8 Å². The fourth-order valence-corrected chi connectivity index (χ4v) is 2.85. The molecule has 2 aromatic carbocycles. The van der Waals surface area contributed by atoms with Gasteiger partial charge in [0.25, 0.3) is 5.82 Å². The molecule has 1 N–H and O–H groups in total. The van der Waals surface area contributed by atoms with Gasteiger partial charge in [-0.2, -0.15) is 4.90 Å². The second-order valence-electron chi connectivity index (χ2n) is 7.45. The van der Waals surface area contributed by atoms with E-state index in [1.165, 1.54) is 5.56 Å². The van der Waals surface area contributed by atoms with Crippen molar-refractivity contribution in [3.63, 3.8) is 0 Å².